The van der Waals surface area contributed by atoms with Crippen molar-refractivity contribution in [3.63, 3.8) is 0 Å². The minimum absolute atomic E-state index is 0.00864. The van der Waals surface area contributed by atoms with Gasteiger partial charge in [0.05, 0.1) is 4.90 Å². The summed E-state index contributed by atoms with van der Waals surface area (Å²) in [7, 11) is -3.68. The van der Waals surface area contributed by atoms with Gasteiger partial charge in [-0.25, -0.2) is 13.1 Å². The predicted octanol–water partition coefficient (Wildman–Crippen LogP) is 2.81. The van der Waals surface area contributed by atoms with E-state index in [2.05, 4.69) is 25.5 Å². The molecule has 0 amide bonds. The van der Waals surface area contributed by atoms with Crippen LogP contribution in [0.3, 0.4) is 0 Å². The van der Waals surface area contributed by atoms with Crippen LogP contribution in [0.15, 0.2) is 29.2 Å². The van der Waals surface area contributed by atoms with E-state index in [0.717, 1.165) is 0 Å². The standard InChI is InChI=1S/C15H24N2O2S2/c1-14(2,3)10-15(4,5)17-21(18,19)12-9-7-6-8-11(12)13(16)20/h6-9,17H,10H2,1-5H3,(H2,16,20). The Bertz CT molecular complexity index is 629. The van der Waals surface area contributed by atoms with E-state index in [-0.39, 0.29) is 15.3 Å². The first kappa shape index (κ1) is 18.1. The zero-order chi connectivity index (χ0) is 16.5. The molecule has 21 heavy (non-hydrogen) atoms. The molecule has 1 aromatic rings. The summed E-state index contributed by atoms with van der Waals surface area (Å²) in [5.41, 5.74) is 5.42. The molecule has 0 atom stereocenters. The summed E-state index contributed by atoms with van der Waals surface area (Å²) in [6.45, 7) is 9.97. The number of hydrogen-bond acceptors (Lipinski definition) is 3. The van der Waals surface area contributed by atoms with Crippen molar-refractivity contribution >= 4 is 27.2 Å². The summed E-state index contributed by atoms with van der Waals surface area (Å²) < 4.78 is 28.0. The molecule has 0 aliphatic heterocycles. The van der Waals surface area contributed by atoms with Gasteiger partial charge in [-0.05, 0) is 31.7 Å². The van der Waals surface area contributed by atoms with E-state index in [0.29, 0.717) is 12.0 Å². The van der Waals surface area contributed by atoms with Crippen molar-refractivity contribution in [2.75, 3.05) is 0 Å². The molecule has 0 bridgehead atoms. The molecule has 0 radical (unpaired) electrons. The van der Waals surface area contributed by atoms with E-state index in [4.69, 9.17) is 18.0 Å². The molecule has 6 heteroatoms. The largest absolute Gasteiger partial charge is 0.389 e. The zero-order valence-electron chi connectivity index (χ0n) is 13.2. The van der Waals surface area contributed by atoms with Crippen LogP contribution in [0.2, 0.25) is 0 Å². The number of hydrogen-bond donors (Lipinski definition) is 2. The first-order valence-corrected chi connectivity index (χ1v) is 8.66. The maximum Gasteiger partial charge on any atom is 0.241 e. The minimum Gasteiger partial charge on any atom is -0.389 e. The summed E-state index contributed by atoms with van der Waals surface area (Å²) in [6, 6.07) is 6.51. The highest BCUT2D eigenvalue weighted by molar-refractivity contribution is 7.89. The average molecular weight is 329 g/mol. The Morgan fingerprint density at radius 1 is 1.19 bits per heavy atom. The zero-order valence-corrected chi connectivity index (χ0v) is 14.9. The van der Waals surface area contributed by atoms with Crippen LogP contribution in [-0.2, 0) is 10.0 Å². The van der Waals surface area contributed by atoms with Gasteiger partial charge >= 0.3 is 0 Å². The SMILES string of the molecule is CC(C)(C)CC(C)(C)NS(=O)(=O)c1ccccc1C(N)=S. The molecule has 0 heterocycles. The summed E-state index contributed by atoms with van der Waals surface area (Å²) >= 11 is 4.93. The Hall–Kier alpha value is -0.980. The lowest BCUT2D eigenvalue weighted by Gasteiger charge is -2.33. The molecule has 4 nitrogen and oxygen atoms in total. The van der Waals surface area contributed by atoms with Gasteiger partial charge in [-0.1, -0.05) is 51.2 Å². The topological polar surface area (TPSA) is 72.2 Å². The number of rotatable bonds is 5. The molecule has 3 N–H and O–H groups in total. The van der Waals surface area contributed by atoms with Crippen LogP contribution in [0, 0.1) is 5.41 Å². The third-order valence-electron chi connectivity index (χ3n) is 2.82. The Morgan fingerprint density at radius 2 is 1.71 bits per heavy atom. The lowest BCUT2D eigenvalue weighted by Crippen LogP contribution is -2.46. The number of sulfonamides is 1. The summed E-state index contributed by atoms with van der Waals surface area (Å²) in [4.78, 5) is 0.198. The first-order valence-electron chi connectivity index (χ1n) is 6.77. The number of benzene rings is 1. The molecule has 1 aromatic carbocycles. The number of nitrogens with two attached hydrogens (primary N) is 1. The van der Waals surface area contributed by atoms with Crippen molar-refractivity contribution in [1.29, 1.82) is 0 Å². The van der Waals surface area contributed by atoms with Crippen LogP contribution < -0.4 is 10.5 Å². The third-order valence-corrected chi connectivity index (χ3v) is 4.80. The minimum atomic E-state index is -3.68. The van der Waals surface area contributed by atoms with Crippen LogP contribution in [-0.4, -0.2) is 18.9 Å². The molecule has 0 aliphatic carbocycles. The second kappa shape index (κ2) is 6.02. The van der Waals surface area contributed by atoms with Crippen molar-refractivity contribution in [1.82, 2.24) is 4.72 Å². The van der Waals surface area contributed by atoms with Gasteiger partial charge in [0.15, 0.2) is 0 Å². The van der Waals surface area contributed by atoms with Gasteiger partial charge in [-0.3, -0.25) is 0 Å². The lowest BCUT2D eigenvalue weighted by atomic mass is 9.82. The molecule has 1 rings (SSSR count). The van der Waals surface area contributed by atoms with Crippen molar-refractivity contribution in [2.24, 2.45) is 11.1 Å². The van der Waals surface area contributed by atoms with Crippen molar-refractivity contribution < 1.29 is 8.42 Å². The number of nitrogens with one attached hydrogen (secondary N) is 1. The second-order valence-corrected chi connectivity index (χ2v) is 9.18. The molecule has 118 valence electrons. The molecule has 0 spiro atoms. The van der Waals surface area contributed by atoms with E-state index in [1.165, 1.54) is 6.07 Å². The van der Waals surface area contributed by atoms with Gasteiger partial charge in [0, 0.05) is 11.1 Å². The van der Waals surface area contributed by atoms with Crippen molar-refractivity contribution in [3.05, 3.63) is 29.8 Å². The highest BCUT2D eigenvalue weighted by atomic mass is 32.2. The van der Waals surface area contributed by atoms with Crippen LogP contribution in [0.4, 0.5) is 0 Å². The second-order valence-electron chi connectivity index (χ2n) is 7.09. The van der Waals surface area contributed by atoms with Crippen LogP contribution in [0.1, 0.15) is 46.6 Å². The Morgan fingerprint density at radius 3 is 2.19 bits per heavy atom. The normalized spacial score (nSPS) is 13.2. The van der Waals surface area contributed by atoms with Gasteiger partial charge in [0.1, 0.15) is 4.99 Å². The van der Waals surface area contributed by atoms with E-state index in [1.807, 2.05) is 13.8 Å². The highest BCUT2D eigenvalue weighted by Gasteiger charge is 2.31. The van der Waals surface area contributed by atoms with E-state index < -0.39 is 15.6 Å². The van der Waals surface area contributed by atoms with Crippen molar-refractivity contribution in [2.45, 2.75) is 51.5 Å². The summed E-state index contributed by atoms with van der Waals surface area (Å²) in [5, 5.41) is 0. The third kappa shape index (κ3) is 5.37. The Balaban J connectivity index is 3.16. The van der Waals surface area contributed by atoms with Crippen molar-refractivity contribution in [3.8, 4) is 0 Å². The van der Waals surface area contributed by atoms with E-state index >= 15 is 0 Å². The molecule has 0 saturated heterocycles. The Labute approximate surface area is 133 Å². The molecular formula is C15H24N2O2S2. The smallest absolute Gasteiger partial charge is 0.241 e. The first-order chi connectivity index (χ1) is 9.34. The monoisotopic (exact) mass is 328 g/mol. The van der Waals surface area contributed by atoms with Gasteiger partial charge in [-0.15, -0.1) is 0 Å². The fourth-order valence-corrected chi connectivity index (χ4v) is 4.56. The van der Waals surface area contributed by atoms with Gasteiger partial charge in [0.25, 0.3) is 0 Å². The molecule has 0 saturated carbocycles. The van der Waals surface area contributed by atoms with E-state index in [9.17, 15) is 8.42 Å². The van der Waals surface area contributed by atoms with Gasteiger partial charge in [-0.2, -0.15) is 0 Å². The van der Waals surface area contributed by atoms with Crippen LogP contribution in [0.25, 0.3) is 0 Å². The van der Waals surface area contributed by atoms with E-state index in [1.54, 1.807) is 18.2 Å². The molecule has 0 unspecified atom stereocenters. The lowest BCUT2D eigenvalue weighted by molar-refractivity contribution is 0.269. The quantitative estimate of drug-likeness (QED) is 0.815. The fraction of sp³-hybridized carbons (Fsp3) is 0.533. The summed E-state index contributed by atoms with van der Waals surface area (Å²) in [6.07, 6.45) is 0.703. The fourth-order valence-electron chi connectivity index (χ4n) is 2.69. The predicted molar refractivity (Wildman–Crippen MR) is 90.8 cm³/mol. The van der Waals surface area contributed by atoms with Crippen LogP contribution in [0.5, 0.6) is 0 Å². The summed E-state index contributed by atoms with van der Waals surface area (Å²) in [5.74, 6) is 0. The molecule has 0 aromatic heterocycles. The Kier molecular flexibility index (Phi) is 5.18. The highest BCUT2D eigenvalue weighted by Crippen LogP contribution is 2.28. The molecule has 0 aliphatic rings. The molecule has 0 fully saturated rings. The maximum atomic E-state index is 12.6. The number of thiocarbonyl (C=S) groups is 1. The molecular weight excluding hydrogens is 304 g/mol. The van der Waals surface area contributed by atoms with Crippen LogP contribution >= 0.6 is 12.2 Å². The average Bonchev–Trinajstić information content (AvgIpc) is 2.23. The maximum absolute atomic E-state index is 12.6. The van der Waals surface area contributed by atoms with Gasteiger partial charge in [0.2, 0.25) is 10.0 Å². The van der Waals surface area contributed by atoms with Gasteiger partial charge < -0.3 is 5.73 Å².